The molecule has 1 aliphatic carbocycles. The molecule has 0 atom stereocenters. The summed E-state index contributed by atoms with van der Waals surface area (Å²) in [5.41, 5.74) is 0.134. The zero-order valence-electron chi connectivity index (χ0n) is 7.71. The third-order valence-corrected chi connectivity index (χ3v) is 2.42. The van der Waals surface area contributed by atoms with Gasteiger partial charge in [0.1, 0.15) is 17.9 Å². The van der Waals surface area contributed by atoms with E-state index >= 15 is 0 Å². The van der Waals surface area contributed by atoms with Gasteiger partial charge in [0.15, 0.2) is 5.57 Å². The van der Waals surface area contributed by atoms with Crippen molar-refractivity contribution in [3.8, 4) is 12.1 Å². The Balaban J connectivity index is 2.89. The topological polar surface area (TPSA) is 56.8 Å². The van der Waals surface area contributed by atoms with Crippen LogP contribution in [0.5, 0.6) is 0 Å². The fourth-order valence-electron chi connectivity index (χ4n) is 1.80. The van der Waals surface area contributed by atoms with E-state index in [0.29, 0.717) is 11.7 Å². The van der Waals surface area contributed by atoms with Crippen molar-refractivity contribution in [3.05, 3.63) is 11.3 Å². The summed E-state index contributed by atoms with van der Waals surface area (Å²) in [4.78, 5) is 0. The van der Waals surface area contributed by atoms with Crippen molar-refractivity contribution < 1.29 is 4.74 Å². The van der Waals surface area contributed by atoms with E-state index < -0.39 is 0 Å². The van der Waals surface area contributed by atoms with Crippen molar-refractivity contribution in [3.63, 3.8) is 0 Å². The van der Waals surface area contributed by atoms with Gasteiger partial charge < -0.3 is 4.74 Å². The van der Waals surface area contributed by atoms with Crippen LogP contribution in [0.2, 0.25) is 0 Å². The molecule has 0 aromatic rings. The van der Waals surface area contributed by atoms with Crippen LogP contribution in [0.15, 0.2) is 11.3 Å². The highest BCUT2D eigenvalue weighted by atomic mass is 16.5. The zero-order valence-corrected chi connectivity index (χ0v) is 7.71. The van der Waals surface area contributed by atoms with E-state index in [-0.39, 0.29) is 5.57 Å². The average Bonchev–Trinajstić information content (AvgIpc) is 2.66. The van der Waals surface area contributed by atoms with Gasteiger partial charge in [-0.1, -0.05) is 12.8 Å². The molecule has 0 aromatic carbocycles. The van der Waals surface area contributed by atoms with Crippen LogP contribution in [-0.4, -0.2) is 7.11 Å². The number of nitriles is 2. The Morgan fingerprint density at radius 3 is 2.15 bits per heavy atom. The number of rotatable bonds is 2. The molecule has 1 saturated carbocycles. The molecule has 1 rings (SSSR count). The summed E-state index contributed by atoms with van der Waals surface area (Å²) in [6.07, 6.45) is 4.41. The summed E-state index contributed by atoms with van der Waals surface area (Å²) in [5.74, 6) is 0.877. The molecule has 0 N–H and O–H groups in total. The number of methoxy groups -OCH3 is 1. The molecule has 3 nitrogen and oxygen atoms in total. The normalized spacial score (nSPS) is 15.9. The maximum atomic E-state index is 8.68. The predicted octanol–water partition coefficient (Wildman–Crippen LogP) is 2.12. The van der Waals surface area contributed by atoms with E-state index in [4.69, 9.17) is 15.3 Å². The Kier molecular flexibility index (Phi) is 3.34. The number of allylic oxidation sites excluding steroid dienone is 2. The molecule has 0 heterocycles. The first kappa shape index (κ1) is 9.61. The molecule has 68 valence electrons. The van der Waals surface area contributed by atoms with Crippen LogP contribution < -0.4 is 0 Å². The summed E-state index contributed by atoms with van der Waals surface area (Å²) < 4.78 is 5.11. The van der Waals surface area contributed by atoms with E-state index in [1.807, 2.05) is 12.1 Å². The van der Waals surface area contributed by atoms with E-state index in [1.165, 1.54) is 20.0 Å². The van der Waals surface area contributed by atoms with Gasteiger partial charge in [-0.3, -0.25) is 0 Å². The molecule has 0 radical (unpaired) electrons. The molecule has 0 spiro atoms. The third kappa shape index (κ3) is 2.00. The minimum absolute atomic E-state index is 0.134. The molecule has 3 heteroatoms. The summed E-state index contributed by atoms with van der Waals surface area (Å²) in [7, 11) is 1.53. The summed E-state index contributed by atoms with van der Waals surface area (Å²) >= 11 is 0. The third-order valence-electron chi connectivity index (χ3n) is 2.42. The molecule has 1 fully saturated rings. The number of hydrogen-bond donors (Lipinski definition) is 0. The van der Waals surface area contributed by atoms with Gasteiger partial charge in [0.05, 0.1) is 7.11 Å². The van der Waals surface area contributed by atoms with Crippen LogP contribution in [0.1, 0.15) is 25.7 Å². The SMILES string of the molecule is COC(=C(C#N)C#N)C1CCCC1. The number of hydrogen-bond acceptors (Lipinski definition) is 3. The lowest BCUT2D eigenvalue weighted by molar-refractivity contribution is 0.240. The molecule has 1 aliphatic rings. The molecule has 0 aromatic heterocycles. The highest BCUT2D eigenvalue weighted by Crippen LogP contribution is 2.32. The van der Waals surface area contributed by atoms with Crippen LogP contribution in [0.25, 0.3) is 0 Å². The highest BCUT2D eigenvalue weighted by molar-refractivity contribution is 5.38. The molecule has 0 bridgehead atoms. The minimum atomic E-state index is 0.134. The number of nitrogens with zero attached hydrogens (tertiary/aromatic N) is 2. The first-order valence-electron chi connectivity index (χ1n) is 4.41. The van der Waals surface area contributed by atoms with E-state index in [9.17, 15) is 0 Å². The van der Waals surface area contributed by atoms with E-state index in [1.54, 1.807) is 0 Å². The first-order chi connectivity index (χ1) is 6.33. The van der Waals surface area contributed by atoms with E-state index in [2.05, 4.69) is 0 Å². The maximum Gasteiger partial charge on any atom is 0.167 e. The smallest absolute Gasteiger partial charge is 0.167 e. The largest absolute Gasteiger partial charge is 0.499 e. The van der Waals surface area contributed by atoms with Crippen LogP contribution in [-0.2, 0) is 4.74 Å². The van der Waals surface area contributed by atoms with Crippen molar-refractivity contribution >= 4 is 0 Å². The van der Waals surface area contributed by atoms with Gasteiger partial charge in [-0.2, -0.15) is 10.5 Å². The van der Waals surface area contributed by atoms with Gasteiger partial charge in [-0.05, 0) is 12.8 Å². The van der Waals surface area contributed by atoms with Crippen molar-refractivity contribution in [2.24, 2.45) is 5.92 Å². The fraction of sp³-hybridized carbons (Fsp3) is 0.600. The minimum Gasteiger partial charge on any atom is -0.499 e. The quantitative estimate of drug-likeness (QED) is 0.478. The Morgan fingerprint density at radius 1 is 1.23 bits per heavy atom. The lowest BCUT2D eigenvalue weighted by atomic mass is 10.0. The van der Waals surface area contributed by atoms with Crippen LogP contribution in [0.4, 0.5) is 0 Å². The second-order valence-electron chi connectivity index (χ2n) is 3.15. The Morgan fingerprint density at radius 2 is 1.77 bits per heavy atom. The van der Waals surface area contributed by atoms with Crippen molar-refractivity contribution in [2.75, 3.05) is 7.11 Å². The van der Waals surface area contributed by atoms with Gasteiger partial charge >= 0.3 is 0 Å². The Labute approximate surface area is 78.2 Å². The molecular weight excluding hydrogens is 164 g/mol. The Hall–Kier alpha value is -1.48. The summed E-state index contributed by atoms with van der Waals surface area (Å²) in [6.45, 7) is 0. The molecule has 0 saturated heterocycles. The number of ether oxygens (including phenoxy) is 1. The summed E-state index contributed by atoms with van der Waals surface area (Å²) in [5, 5.41) is 17.4. The average molecular weight is 176 g/mol. The van der Waals surface area contributed by atoms with Gasteiger partial charge in [0.25, 0.3) is 0 Å². The molecular formula is C10H12N2O. The molecule has 13 heavy (non-hydrogen) atoms. The van der Waals surface area contributed by atoms with E-state index in [0.717, 1.165) is 12.8 Å². The Bertz CT molecular complexity index is 271. The van der Waals surface area contributed by atoms with Gasteiger partial charge in [0.2, 0.25) is 0 Å². The maximum absolute atomic E-state index is 8.68. The molecule has 0 amide bonds. The first-order valence-corrected chi connectivity index (χ1v) is 4.41. The van der Waals surface area contributed by atoms with Gasteiger partial charge in [-0.25, -0.2) is 0 Å². The van der Waals surface area contributed by atoms with Crippen LogP contribution in [0.3, 0.4) is 0 Å². The standard InChI is InChI=1S/C10H12N2O/c1-13-10(9(6-11)7-12)8-4-2-3-5-8/h8H,2-5H2,1H3. The predicted molar refractivity (Wildman–Crippen MR) is 47.2 cm³/mol. The summed E-state index contributed by atoms with van der Waals surface area (Å²) in [6, 6.07) is 3.75. The molecule has 0 unspecified atom stereocenters. The lowest BCUT2D eigenvalue weighted by Gasteiger charge is -2.12. The fourth-order valence-corrected chi connectivity index (χ4v) is 1.80. The zero-order chi connectivity index (χ0) is 9.68. The van der Waals surface area contributed by atoms with Crippen molar-refractivity contribution in [2.45, 2.75) is 25.7 Å². The highest BCUT2D eigenvalue weighted by Gasteiger charge is 2.23. The van der Waals surface area contributed by atoms with Gasteiger partial charge in [0, 0.05) is 5.92 Å². The van der Waals surface area contributed by atoms with Gasteiger partial charge in [-0.15, -0.1) is 0 Å². The van der Waals surface area contributed by atoms with Crippen LogP contribution >= 0.6 is 0 Å². The lowest BCUT2D eigenvalue weighted by Crippen LogP contribution is -2.03. The second kappa shape index (κ2) is 4.52. The molecule has 0 aliphatic heterocycles. The van der Waals surface area contributed by atoms with Crippen LogP contribution in [0, 0.1) is 28.6 Å². The monoisotopic (exact) mass is 176 g/mol. The second-order valence-corrected chi connectivity index (χ2v) is 3.15. The van der Waals surface area contributed by atoms with Crippen molar-refractivity contribution in [1.82, 2.24) is 0 Å². The van der Waals surface area contributed by atoms with Crippen molar-refractivity contribution in [1.29, 1.82) is 10.5 Å².